The zero-order valence-electron chi connectivity index (χ0n) is 12.7. The molecule has 2 aromatic carbocycles. The van der Waals surface area contributed by atoms with Gasteiger partial charge in [-0.25, -0.2) is 4.39 Å². The molecule has 1 aliphatic heterocycles. The van der Waals surface area contributed by atoms with Gasteiger partial charge in [0.05, 0.1) is 18.8 Å². The molecule has 1 N–H and O–H groups in total. The van der Waals surface area contributed by atoms with Gasteiger partial charge in [-0.2, -0.15) is 0 Å². The Balaban J connectivity index is 1.85. The summed E-state index contributed by atoms with van der Waals surface area (Å²) in [5, 5.41) is 3.44. The number of anilines is 1. The van der Waals surface area contributed by atoms with Gasteiger partial charge in [0.25, 0.3) is 0 Å². The van der Waals surface area contributed by atoms with Gasteiger partial charge in [-0.3, -0.25) is 0 Å². The van der Waals surface area contributed by atoms with E-state index >= 15 is 0 Å². The Bertz CT molecular complexity index is 789. The third-order valence-electron chi connectivity index (χ3n) is 4.86. The third-order valence-corrected chi connectivity index (χ3v) is 5.32. The second-order valence-electron chi connectivity index (χ2n) is 6.07. The van der Waals surface area contributed by atoms with Crippen LogP contribution in [0.1, 0.15) is 29.5 Å². The molecule has 23 heavy (non-hydrogen) atoms. The smallest absolute Gasteiger partial charge is 0.147 e. The van der Waals surface area contributed by atoms with Crippen LogP contribution in [-0.2, 0) is 0 Å². The molecular formula is C19H17BrFNO. The lowest BCUT2D eigenvalue weighted by atomic mass is 9.77. The number of hydrogen-bond donors (Lipinski definition) is 1. The van der Waals surface area contributed by atoms with Gasteiger partial charge in [0.2, 0.25) is 0 Å². The SMILES string of the molecule is COc1ccccc1[C@@H]1Nc2c(F)cc(Br)cc2[C@H]2C=CC[C@H]21. The first-order chi connectivity index (χ1) is 11.2. The first kappa shape index (κ1) is 14.8. The molecule has 0 saturated heterocycles. The predicted molar refractivity (Wildman–Crippen MR) is 93.4 cm³/mol. The molecule has 0 radical (unpaired) electrons. The number of fused-ring (bicyclic) bond motifs is 3. The van der Waals surface area contributed by atoms with E-state index in [0.29, 0.717) is 11.6 Å². The highest BCUT2D eigenvalue weighted by molar-refractivity contribution is 9.10. The summed E-state index contributed by atoms with van der Waals surface area (Å²) in [6.45, 7) is 0. The van der Waals surface area contributed by atoms with Gasteiger partial charge in [0.1, 0.15) is 11.6 Å². The van der Waals surface area contributed by atoms with Crippen molar-refractivity contribution in [3.63, 3.8) is 0 Å². The van der Waals surface area contributed by atoms with E-state index < -0.39 is 0 Å². The van der Waals surface area contributed by atoms with Crippen molar-refractivity contribution in [1.29, 1.82) is 0 Å². The molecular weight excluding hydrogens is 357 g/mol. The number of para-hydroxylation sites is 1. The molecule has 3 atom stereocenters. The number of ether oxygens (including phenoxy) is 1. The van der Waals surface area contributed by atoms with Crippen LogP contribution in [0.5, 0.6) is 5.75 Å². The maximum atomic E-state index is 14.5. The minimum Gasteiger partial charge on any atom is -0.496 e. The second kappa shape index (κ2) is 5.68. The molecule has 118 valence electrons. The quantitative estimate of drug-likeness (QED) is 0.709. The minimum absolute atomic E-state index is 0.0364. The zero-order valence-corrected chi connectivity index (χ0v) is 14.3. The first-order valence-electron chi connectivity index (χ1n) is 7.74. The van der Waals surface area contributed by atoms with Gasteiger partial charge in [0.15, 0.2) is 0 Å². The monoisotopic (exact) mass is 373 g/mol. The molecule has 0 fully saturated rings. The fourth-order valence-corrected chi connectivity index (χ4v) is 4.30. The maximum Gasteiger partial charge on any atom is 0.147 e. The van der Waals surface area contributed by atoms with Crippen molar-refractivity contribution in [2.24, 2.45) is 5.92 Å². The molecule has 0 saturated carbocycles. The molecule has 0 spiro atoms. The van der Waals surface area contributed by atoms with Crippen molar-refractivity contribution in [3.8, 4) is 5.75 Å². The summed E-state index contributed by atoms with van der Waals surface area (Å²) < 4.78 is 20.8. The first-order valence-corrected chi connectivity index (χ1v) is 8.53. The molecule has 0 aromatic heterocycles. The molecule has 0 amide bonds. The van der Waals surface area contributed by atoms with Crippen LogP contribution in [0, 0.1) is 11.7 Å². The summed E-state index contributed by atoms with van der Waals surface area (Å²) in [6, 6.07) is 11.6. The van der Waals surface area contributed by atoms with Crippen LogP contribution in [0.2, 0.25) is 0 Å². The summed E-state index contributed by atoms with van der Waals surface area (Å²) in [5.74, 6) is 1.23. The lowest BCUT2D eigenvalue weighted by Gasteiger charge is -2.38. The van der Waals surface area contributed by atoms with Crippen LogP contribution in [0.3, 0.4) is 0 Å². The van der Waals surface area contributed by atoms with Crippen molar-refractivity contribution >= 4 is 21.6 Å². The number of benzene rings is 2. The number of hydrogen-bond acceptors (Lipinski definition) is 2. The third kappa shape index (κ3) is 2.36. The molecule has 1 heterocycles. The van der Waals surface area contributed by atoms with Crippen LogP contribution in [-0.4, -0.2) is 7.11 Å². The van der Waals surface area contributed by atoms with Gasteiger partial charge in [-0.15, -0.1) is 0 Å². The maximum absolute atomic E-state index is 14.5. The number of allylic oxidation sites excluding steroid dienone is 2. The largest absolute Gasteiger partial charge is 0.496 e. The fourth-order valence-electron chi connectivity index (χ4n) is 3.85. The van der Waals surface area contributed by atoms with Crippen LogP contribution in [0.15, 0.2) is 53.0 Å². The Kier molecular flexibility index (Phi) is 3.64. The number of nitrogens with one attached hydrogen (secondary N) is 1. The van der Waals surface area contributed by atoms with Crippen molar-refractivity contribution in [1.82, 2.24) is 0 Å². The summed E-state index contributed by atoms with van der Waals surface area (Å²) in [6.07, 6.45) is 5.39. The highest BCUT2D eigenvalue weighted by Gasteiger charge is 2.40. The summed E-state index contributed by atoms with van der Waals surface area (Å²) in [4.78, 5) is 0. The Morgan fingerprint density at radius 1 is 1.22 bits per heavy atom. The lowest BCUT2D eigenvalue weighted by molar-refractivity contribution is 0.379. The predicted octanol–water partition coefficient (Wildman–Crippen LogP) is 5.42. The van der Waals surface area contributed by atoms with E-state index in [-0.39, 0.29) is 17.8 Å². The summed E-state index contributed by atoms with van der Waals surface area (Å²) in [7, 11) is 1.68. The normalized spacial score (nSPS) is 24.7. The molecule has 0 bridgehead atoms. The van der Waals surface area contributed by atoms with Crippen molar-refractivity contribution in [3.05, 3.63) is 70.0 Å². The average molecular weight is 374 g/mol. The Morgan fingerprint density at radius 3 is 2.87 bits per heavy atom. The Hall–Kier alpha value is -1.81. The van der Waals surface area contributed by atoms with Crippen LogP contribution in [0.25, 0.3) is 0 Å². The van der Waals surface area contributed by atoms with Gasteiger partial charge in [-0.1, -0.05) is 46.3 Å². The summed E-state index contributed by atoms with van der Waals surface area (Å²) >= 11 is 3.41. The van der Waals surface area contributed by atoms with E-state index in [4.69, 9.17) is 4.74 Å². The minimum atomic E-state index is -0.215. The molecule has 2 aliphatic rings. The Labute approximate surface area is 143 Å². The van der Waals surface area contributed by atoms with E-state index in [2.05, 4.69) is 39.5 Å². The average Bonchev–Trinajstić information content (AvgIpc) is 3.04. The molecule has 4 rings (SSSR count). The molecule has 0 unspecified atom stereocenters. The molecule has 4 heteroatoms. The standard InChI is InChI=1S/C19H17BrFNO/c1-23-17-8-3-2-5-14(17)18-13-7-4-6-12(13)15-9-11(20)10-16(21)19(15)22-18/h2-6,8-10,12-13,18,22H,7H2,1H3/t12-,13+,18+/m0/s1. The molecule has 1 aliphatic carbocycles. The van der Waals surface area contributed by atoms with Crippen molar-refractivity contribution in [2.45, 2.75) is 18.4 Å². The fraction of sp³-hybridized carbons (Fsp3) is 0.263. The number of methoxy groups -OCH3 is 1. The van der Waals surface area contributed by atoms with Gasteiger partial charge < -0.3 is 10.1 Å². The summed E-state index contributed by atoms with van der Waals surface area (Å²) in [5.41, 5.74) is 2.72. The van der Waals surface area contributed by atoms with E-state index in [0.717, 1.165) is 27.8 Å². The van der Waals surface area contributed by atoms with E-state index in [1.165, 1.54) is 6.07 Å². The second-order valence-corrected chi connectivity index (χ2v) is 6.98. The highest BCUT2D eigenvalue weighted by Crippen LogP contribution is 2.52. The van der Waals surface area contributed by atoms with Crippen LogP contribution < -0.4 is 10.1 Å². The van der Waals surface area contributed by atoms with Gasteiger partial charge >= 0.3 is 0 Å². The van der Waals surface area contributed by atoms with E-state index in [1.54, 1.807) is 7.11 Å². The molecule has 2 aromatic rings. The van der Waals surface area contributed by atoms with Gasteiger partial charge in [-0.05, 0) is 36.1 Å². The van der Waals surface area contributed by atoms with Crippen molar-refractivity contribution in [2.75, 3.05) is 12.4 Å². The highest BCUT2D eigenvalue weighted by atomic mass is 79.9. The Morgan fingerprint density at radius 2 is 2.04 bits per heavy atom. The number of halogens is 2. The molecule has 2 nitrogen and oxygen atoms in total. The number of rotatable bonds is 2. The van der Waals surface area contributed by atoms with Crippen LogP contribution in [0.4, 0.5) is 10.1 Å². The van der Waals surface area contributed by atoms with Gasteiger partial charge in [0, 0.05) is 16.0 Å². The lowest BCUT2D eigenvalue weighted by Crippen LogP contribution is -2.30. The van der Waals surface area contributed by atoms with Crippen LogP contribution >= 0.6 is 15.9 Å². The topological polar surface area (TPSA) is 21.3 Å². The zero-order chi connectivity index (χ0) is 16.0. The van der Waals surface area contributed by atoms with E-state index in [1.807, 2.05) is 24.3 Å². The van der Waals surface area contributed by atoms with E-state index in [9.17, 15) is 4.39 Å². The van der Waals surface area contributed by atoms with Crippen molar-refractivity contribution < 1.29 is 9.13 Å².